The van der Waals surface area contributed by atoms with Gasteiger partial charge in [0.1, 0.15) is 0 Å². The van der Waals surface area contributed by atoms with Crippen molar-refractivity contribution in [2.75, 3.05) is 6.54 Å². The second kappa shape index (κ2) is 6.86. The Labute approximate surface area is 79.5 Å². The van der Waals surface area contributed by atoms with Crippen LogP contribution in [-0.4, -0.2) is 29.7 Å². The smallest absolute Gasteiger partial charge is 0.237 e. The number of hydrogen-bond acceptors (Lipinski definition) is 3. The maximum absolute atomic E-state index is 11.2. The molecule has 0 aromatic heterocycles. The van der Waals surface area contributed by atoms with Crippen molar-refractivity contribution in [2.45, 2.75) is 45.3 Å². The second-order valence-corrected chi connectivity index (χ2v) is 3.20. The fourth-order valence-electron chi connectivity index (χ4n) is 0.936. The molecule has 0 aliphatic heterocycles. The third-order valence-electron chi connectivity index (χ3n) is 1.92. The van der Waals surface area contributed by atoms with Crippen molar-refractivity contribution >= 4 is 5.91 Å². The molecular formula is C9H20N2O2. The lowest BCUT2D eigenvalue weighted by molar-refractivity contribution is -0.122. The summed E-state index contributed by atoms with van der Waals surface area (Å²) in [5.74, 6) is -0.172. The lowest BCUT2D eigenvalue weighted by atomic mass is 10.1. The van der Waals surface area contributed by atoms with Crippen LogP contribution in [0.1, 0.15) is 33.1 Å². The van der Waals surface area contributed by atoms with Crippen molar-refractivity contribution in [2.24, 2.45) is 5.73 Å². The van der Waals surface area contributed by atoms with Crippen LogP contribution in [0.2, 0.25) is 0 Å². The zero-order valence-corrected chi connectivity index (χ0v) is 8.42. The van der Waals surface area contributed by atoms with E-state index in [1.165, 1.54) is 0 Å². The van der Waals surface area contributed by atoms with Crippen LogP contribution < -0.4 is 11.1 Å². The van der Waals surface area contributed by atoms with Gasteiger partial charge in [0.15, 0.2) is 0 Å². The number of carbonyl (C=O) groups excluding carboxylic acids is 1. The quantitative estimate of drug-likeness (QED) is 0.549. The highest BCUT2D eigenvalue weighted by Crippen LogP contribution is 1.93. The summed E-state index contributed by atoms with van der Waals surface area (Å²) in [4.78, 5) is 11.2. The van der Waals surface area contributed by atoms with Gasteiger partial charge in [-0.2, -0.15) is 0 Å². The Bertz CT molecular complexity index is 151. The van der Waals surface area contributed by atoms with Crippen LogP contribution in [0.5, 0.6) is 0 Å². The van der Waals surface area contributed by atoms with E-state index in [-0.39, 0.29) is 5.91 Å². The first kappa shape index (κ1) is 12.4. The molecule has 4 N–H and O–H groups in total. The molecule has 1 amide bonds. The van der Waals surface area contributed by atoms with E-state index in [2.05, 4.69) is 5.32 Å². The Kier molecular flexibility index (Phi) is 6.54. The number of rotatable bonds is 6. The summed E-state index contributed by atoms with van der Waals surface area (Å²) in [6, 6.07) is -0.436. The van der Waals surface area contributed by atoms with Gasteiger partial charge in [-0.3, -0.25) is 4.79 Å². The summed E-state index contributed by atoms with van der Waals surface area (Å²) in [5, 5.41) is 11.8. The van der Waals surface area contributed by atoms with Crippen molar-refractivity contribution in [1.82, 2.24) is 5.32 Å². The predicted molar refractivity (Wildman–Crippen MR) is 52.2 cm³/mol. The van der Waals surface area contributed by atoms with Gasteiger partial charge in [0.05, 0.1) is 12.1 Å². The molecule has 0 saturated heterocycles. The minimum atomic E-state index is -0.460. The summed E-state index contributed by atoms with van der Waals surface area (Å²) >= 11 is 0. The van der Waals surface area contributed by atoms with Gasteiger partial charge in [0.2, 0.25) is 5.91 Å². The van der Waals surface area contributed by atoms with Crippen LogP contribution in [0.3, 0.4) is 0 Å². The molecule has 0 bridgehead atoms. The largest absolute Gasteiger partial charge is 0.391 e. The van der Waals surface area contributed by atoms with Crippen molar-refractivity contribution in [1.29, 1.82) is 0 Å². The number of aliphatic hydroxyl groups excluding tert-OH is 1. The topological polar surface area (TPSA) is 75.4 Å². The summed E-state index contributed by atoms with van der Waals surface area (Å²) in [6.07, 6.45) is 1.76. The number of nitrogens with two attached hydrogens (primary N) is 1. The van der Waals surface area contributed by atoms with Crippen molar-refractivity contribution in [3.63, 3.8) is 0 Å². The van der Waals surface area contributed by atoms with Crippen molar-refractivity contribution < 1.29 is 9.90 Å². The molecule has 2 unspecified atom stereocenters. The summed E-state index contributed by atoms with van der Waals surface area (Å²) in [6.45, 7) is 4.14. The Balaban J connectivity index is 3.61. The molecule has 0 heterocycles. The van der Waals surface area contributed by atoms with Crippen molar-refractivity contribution in [3.8, 4) is 0 Å². The summed E-state index contributed by atoms with van der Waals surface area (Å²) in [5.41, 5.74) is 5.56. The number of amides is 1. The van der Waals surface area contributed by atoms with Crippen LogP contribution in [0.4, 0.5) is 0 Å². The van der Waals surface area contributed by atoms with Gasteiger partial charge in [-0.05, 0) is 12.8 Å². The molecule has 0 spiro atoms. The molecule has 4 heteroatoms. The van der Waals surface area contributed by atoms with Gasteiger partial charge in [-0.15, -0.1) is 0 Å². The Morgan fingerprint density at radius 2 is 2.15 bits per heavy atom. The lowest BCUT2D eigenvalue weighted by Gasteiger charge is -2.13. The zero-order chi connectivity index (χ0) is 10.3. The van der Waals surface area contributed by atoms with E-state index in [0.717, 1.165) is 6.42 Å². The highest BCUT2D eigenvalue weighted by Gasteiger charge is 2.12. The maximum Gasteiger partial charge on any atom is 0.237 e. The Morgan fingerprint density at radius 3 is 2.62 bits per heavy atom. The predicted octanol–water partition coefficient (Wildman–Crippen LogP) is 0.000900. The minimum Gasteiger partial charge on any atom is -0.391 e. The molecule has 0 aliphatic carbocycles. The molecule has 0 saturated carbocycles. The molecule has 78 valence electrons. The highest BCUT2D eigenvalue weighted by atomic mass is 16.3. The normalized spacial score (nSPS) is 15.1. The molecule has 2 atom stereocenters. The van der Waals surface area contributed by atoms with E-state index >= 15 is 0 Å². The molecule has 13 heavy (non-hydrogen) atoms. The second-order valence-electron chi connectivity index (χ2n) is 3.20. The van der Waals surface area contributed by atoms with Crippen LogP contribution in [0.15, 0.2) is 0 Å². The monoisotopic (exact) mass is 188 g/mol. The summed E-state index contributed by atoms with van der Waals surface area (Å²) < 4.78 is 0. The Morgan fingerprint density at radius 1 is 1.54 bits per heavy atom. The fraction of sp³-hybridized carbons (Fsp3) is 0.889. The first-order valence-corrected chi connectivity index (χ1v) is 4.83. The zero-order valence-electron chi connectivity index (χ0n) is 8.42. The van der Waals surface area contributed by atoms with Crippen LogP contribution >= 0.6 is 0 Å². The van der Waals surface area contributed by atoms with E-state index in [4.69, 9.17) is 10.8 Å². The SMILES string of the molecule is CCCC(N)C(=O)NCC(O)CC. The molecule has 0 aromatic carbocycles. The van der Waals surface area contributed by atoms with E-state index in [9.17, 15) is 4.79 Å². The number of hydrogen-bond donors (Lipinski definition) is 3. The van der Waals surface area contributed by atoms with E-state index in [0.29, 0.717) is 19.4 Å². The molecule has 0 radical (unpaired) electrons. The fourth-order valence-corrected chi connectivity index (χ4v) is 0.936. The van der Waals surface area contributed by atoms with E-state index < -0.39 is 12.1 Å². The minimum absolute atomic E-state index is 0.172. The first-order chi connectivity index (χ1) is 6.11. The molecular weight excluding hydrogens is 168 g/mol. The van der Waals surface area contributed by atoms with Gasteiger partial charge in [0, 0.05) is 6.54 Å². The summed E-state index contributed by atoms with van der Waals surface area (Å²) in [7, 11) is 0. The highest BCUT2D eigenvalue weighted by molar-refractivity contribution is 5.81. The average molecular weight is 188 g/mol. The first-order valence-electron chi connectivity index (χ1n) is 4.83. The van der Waals surface area contributed by atoms with Crippen LogP contribution in [0, 0.1) is 0 Å². The van der Waals surface area contributed by atoms with Crippen LogP contribution in [-0.2, 0) is 4.79 Å². The van der Waals surface area contributed by atoms with Gasteiger partial charge in [0.25, 0.3) is 0 Å². The molecule has 0 aromatic rings. The van der Waals surface area contributed by atoms with E-state index in [1.54, 1.807) is 0 Å². The van der Waals surface area contributed by atoms with E-state index in [1.807, 2.05) is 13.8 Å². The number of carbonyl (C=O) groups is 1. The van der Waals surface area contributed by atoms with Gasteiger partial charge < -0.3 is 16.2 Å². The third kappa shape index (κ3) is 5.60. The lowest BCUT2D eigenvalue weighted by Crippen LogP contribution is -2.43. The Hall–Kier alpha value is -0.610. The molecule has 0 rings (SSSR count). The van der Waals surface area contributed by atoms with Gasteiger partial charge >= 0.3 is 0 Å². The third-order valence-corrected chi connectivity index (χ3v) is 1.92. The van der Waals surface area contributed by atoms with Gasteiger partial charge in [-0.1, -0.05) is 20.3 Å². The molecule has 0 fully saturated rings. The molecule has 0 aliphatic rings. The standard InChI is InChI=1S/C9H20N2O2/c1-3-5-8(10)9(13)11-6-7(12)4-2/h7-8,12H,3-6,10H2,1-2H3,(H,11,13). The number of aliphatic hydroxyl groups is 1. The van der Waals surface area contributed by atoms with Gasteiger partial charge in [-0.25, -0.2) is 0 Å². The average Bonchev–Trinajstić information content (AvgIpc) is 2.13. The maximum atomic E-state index is 11.2. The number of nitrogens with one attached hydrogen (secondary N) is 1. The van der Waals surface area contributed by atoms with Crippen LogP contribution in [0.25, 0.3) is 0 Å². The molecule has 4 nitrogen and oxygen atoms in total. The van der Waals surface area contributed by atoms with Crippen molar-refractivity contribution in [3.05, 3.63) is 0 Å².